The van der Waals surface area contributed by atoms with Gasteiger partial charge in [-0.15, -0.1) is 10.2 Å². The smallest absolute Gasteiger partial charge is 0.316 e. The molecule has 0 radical (unpaired) electrons. The Labute approximate surface area is 201 Å². The lowest BCUT2D eigenvalue weighted by Crippen LogP contribution is -2.15. The Hall–Kier alpha value is -3.91. The fourth-order valence-electron chi connectivity index (χ4n) is 3.30. The molecule has 0 aliphatic heterocycles. The first-order valence-electron chi connectivity index (χ1n) is 10.7. The maximum Gasteiger partial charge on any atom is 0.316 e. The molecule has 0 saturated heterocycles. The number of ether oxygens (including phenoxy) is 2. The number of carbonyl (C=O) groups is 2. The van der Waals surface area contributed by atoms with E-state index in [0.717, 1.165) is 11.3 Å². The van der Waals surface area contributed by atoms with Gasteiger partial charge in [0.2, 0.25) is 0 Å². The molecule has 1 aromatic heterocycles. The average Bonchev–Trinajstić information content (AvgIpc) is 3.30. The summed E-state index contributed by atoms with van der Waals surface area (Å²) in [6, 6.07) is 26.5. The SMILES string of the molecule is CC(=O)c1ccccc1OCCOC(=O)CSc1nnc(-c2ccccc2)n1-c1ccccc1. The molecule has 172 valence electrons. The molecule has 0 amide bonds. The van der Waals surface area contributed by atoms with E-state index >= 15 is 0 Å². The van der Waals surface area contributed by atoms with E-state index in [1.54, 1.807) is 24.3 Å². The van der Waals surface area contributed by atoms with E-state index in [1.165, 1.54) is 18.7 Å². The molecule has 0 unspecified atom stereocenters. The molecule has 34 heavy (non-hydrogen) atoms. The largest absolute Gasteiger partial charge is 0.489 e. The van der Waals surface area contributed by atoms with Crippen LogP contribution in [0.2, 0.25) is 0 Å². The van der Waals surface area contributed by atoms with Gasteiger partial charge in [-0.05, 0) is 31.2 Å². The van der Waals surface area contributed by atoms with E-state index in [2.05, 4.69) is 10.2 Å². The second-order valence-corrected chi connectivity index (χ2v) is 8.20. The maximum absolute atomic E-state index is 12.3. The summed E-state index contributed by atoms with van der Waals surface area (Å²) in [5.41, 5.74) is 2.33. The number of benzene rings is 3. The van der Waals surface area contributed by atoms with Crippen LogP contribution in [-0.4, -0.2) is 45.5 Å². The van der Waals surface area contributed by atoms with Crippen molar-refractivity contribution in [3.63, 3.8) is 0 Å². The van der Waals surface area contributed by atoms with Crippen LogP contribution in [0.5, 0.6) is 5.75 Å². The van der Waals surface area contributed by atoms with E-state index in [9.17, 15) is 9.59 Å². The summed E-state index contributed by atoms with van der Waals surface area (Å²) in [6.07, 6.45) is 0. The van der Waals surface area contributed by atoms with Gasteiger partial charge in [0.05, 0.1) is 11.3 Å². The molecule has 0 aliphatic rings. The Balaban J connectivity index is 1.37. The number of para-hydroxylation sites is 2. The summed E-state index contributed by atoms with van der Waals surface area (Å²) in [4.78, 5) is 24.0. The highest BCUT2D eigenvalue weighted by atomic mass is 32.2. The minimum atomic E-state index is -0.391. The van der Waals surface area contributed by atoms with Crippen LogP contribution in [0.4, 0.5) is 0 Å². The Morgan fingerprint density at radius 3 is 2.26 bits per heavy atom. The number of thioether (sulfide) groups is 1. The van der Waals surface area contributed by atoms with Crippen LogP contribution in [0.1, 0.15) is 17.3 Å². The number of aromatic nitrogens is 3. The predicted octanol–water partition coefficient (Wildman–Crippen LogP) is 4.85. The summed E-state index contributed by atoms with van der Waals surface area (Å²) >= 11 is 1.26. The molecular formula is C26H23N3O4S. The fraction of sp³-hybridized carbons (Fsp3) is 0.154. The number of hydrogen-bond acceptors (Lipinski definition) is 7. The van der Waals surface area contributed by atoms with Gasteiger partial charge >= 0.3 is 5.97 Å². The number of ketones is 1. The molecule has 0 N–H and O–H groups in total. The quantitative estimate of drug-likeness (QED) is 0.141. The molecule has 1 heterocycles. The molecule has 0 aliphatic carbocycles. The second-order valence-electron chi connectivity index (χ2n) is 7.25. The first-order valence-corrected chi connectivity index (χ1v) is 11.7. The number of carbonyl (C=O) groups excluding carboxylic acids is 2. The molecule has 0 bridgehead atoms. The van der Waals surface area contributed by atoms with Crippen LogP contribution >= 0.6 is 11.8 Å². The van der Waals surface area contributed by atoms with Crippen molar-refractivity contribution in [2.75, 3.05) is 19.0 Å². The lowest BCUT2D eigenvalue weighted by Gasteiger charge is -2.11. The van der Waals surface area contributed by atoms with Gasteiger partial charge in [0, 0.05) is 11.3 Å². The zero-order valence-electron chi connectivity index (χ0n) is 18.6. The lowest BCUT2D eigenvalue weighted by atomic mass is 10.1. The minimum Gasteiger partial charge on any atom is -0.489 e. The number of esters is 1. The fourth-order valence-corrected chi connectivity index (χ4v) is 4.05. The van der Waals surface area contributed by atoms with E-state index in [4.69, 9.17) is 9.47 Å². The van der Waals surface area contributed by atoms with Crippen LogP contribution in [0.25, 0.3) is 17.1 Å². The highest BCUT2D eigenvalue weighted by Gasteiger charge is 2.17. The van der Waals surface area contributed by atoms with Crippen LogP contribution < -0.4 is 4.74 Å². The summed E-state index contributed by atoms with van der Waals surface area (Å²) in [6.45, 7) is 1.71. The summed E-state index contributed by atoms with van der Waals surface area (Å²) in [7, 11) is 0. The number of hydrogen-bond donors (Lipinski definition) is 0. The third kappa shape index (κ3) is 5.71. The summed E-state index contributed by atoms with van der Waals surface area (Å²) < 4.78 is 12.8. The molecule has 8 heteroatoms. The summed E-state index contributed by atoms with van der Waals surface area (Å²) in [5, 5.41) is 9.27. The van der Waals surface area contributed by atoms with Gasteiger partial charge in [-0.2, -0.15) is 0 Å². The average molecular weight is 474 g/mol. The zero-order valence-corrected chi connectivity index (χ0v) is 19.4. The first-order chi connectivity index (χ1) is 16.6. The van der Waals surface area contributed by atoms with Crippen molar-refractivity contribution in [3.05, 3.63) is 90.5 Å². The molecule has 0 spiro atoms. The third-order valence-corrected chi connectivity index (χ3v) is 5.77. The highest BCUT2D eigenvalue weighted by molar-refractivity contribution is 7.99. The molecule has 0 saturated carbocycles. The van der Waals surface area contributed by atoms with Crippen molar-refractivity contribution in [2.24, 2.45) is 0 Å². The van der Waals surface area contributed by atoms with E-state index in [0.29, 0.717) is 22.3 Å². The van der Waals surface area contributed by atoms with Gasteiger partial charge in [0.15, 0.2) is 16.8 Å². The van der Waals surface area contributed by atoms with Gasteiger partial charge in [0.1, 0.15) is 19.0 Å². The van der Waals surface area contributed by atoms with Crippen molar-refractivity contribution < 1.29 is 19.1 Å². The molecule has 4 rings (SSSR count). The Kier molecular flexibility index (Phi) is 7.72. The van der Waals surface area contributed by atoms with Crippen LogP contribution in [0, 0.1) is 0 Å². The van der Waals surface area contributed by atoms with Crippen molar-refractivity contribution in [1.82, 2.24) is 14.8 Å². The minimum absolute atomic E-state index is 0.0732. The zero-order chi connectivity index (χ0) is 23.8. The monoisotopic (exact) mass is 473 g/mol. The molecule has 0 fully saturated rings. The predicted molar refractivity (Wildman–Crippen MR) is 130 cm³/mol. The standard InChI is InChI=1S/C26H23N3O4S/c1-19(30)22-14-8-9-15-23(22)32-16-17-33-24(31)18-34-26-28-27-25(20-10-4-2-5-11-20)29(26)21-12-6-3-7-13-21/h2-15H,16-18H2,1H3. The van der Waals surface area contributed by atoms with E-state index in [-0.39, 0.29) is 24.7 Å². The van der Waals surface area contributed by atoms with Crippen molar-refractivity contribution in [2.45, 2.75) is 12.1 Å². The Morgan fingerprint density at radius 1 is 0.853 bits per heavy atom. The van der Waals surface area contributed by atoms with Crippen LogP contribution in [0.3, 0.4) is 0 Å². The van der Waals surface area contributed by atoms with Gasteiger partial charge in [-0.3, -0.25) is 14.2 Å². The lowest BCUT2D eigenvalue weighted by molar-refractivity contribution is -0.141. The van der Waals surface area contributed by atoms with Crippen LogP contribution in [0.15, 0.2) is 90.1 Å². The molecule has 0 atom stereocenters. The number of rotatable bonds is 10. The molecule has 7 nitrogen and oxygen atoms in total. The number of Topliss-reactive ketones (excluding diaryl/α,β-unsaturated/α-hetero) is 1. The van der Waals surface area contributed by atoms with Gasteiger partial charge in [-0.1, -0.05) is 72.4 Å². The Morgan fingerprint density at radius 2 is 1.53 bits per heavy atom. The second kappa shape index (κ2) is 11.3. The van der Waals surface area contributed by atoms with Gasteiger partial charge < -0.3 is 9.47 Å². The third-order valence-electron chi connectivity index (χ3n) is 4.87. The van der Waals surface area contributed by atoms with Gasteiger partial charge in [0.25, 0.3) is 0 Å². The van der Waals surface area contributed by atoms with E-state index in [1.807, 2.05) is 65.2 Å². The molecule has 4 aromatic rings. The topological polar surface area (TPSA) is 83.3 Å². The summed E-state index contributed by atoms with van der Waals surface area (Å²) in [5.74, 6) is 0.771. The van der Waals surface area contributed by atoms with Gasteiger partial charge in [-0.25, -0.2) is 0 Å². The first kappa shape index (κ1) is 23.3. The van der Waals surface area contributed by atoms with Crippen molar-refractivity contribution in [3.8, 4) is 22.8 Å². The van der Waals surface area contributed by atoms with E-state index < -0.39 is 5.97 Å². The Bertz CT molecular complexity index is 1260. The molecule has 3 aromatic carbocycles. The normalized spacial score (nSPS) is 10.6. The van der Waals surface area contributed by atoms with Crippen molar-refractivity contribution >= 4 is 23.5 Å². The maximum atomic E-state index is 12.3. The highest BCUT2D eigenvalue weighted by Crippen LogP contribution is 2.28. The van der Waals surface area contributed by atoms with Crippen LogP contribution in [-0.2, 0) is 9.53 Å². The number of nitrogens with zero attached hydrogens (tertiary/aromatic N) is 3. The molecular weight excluding hydrogens is 450 g/mol. The van der Waals surface area contributed by atoms with Crippen molar-refractivity contribution in [1.29, 1.82) is 0 Å².